The largest absolute Gasteiger partial charge is 0.488 e. The second kappa shape index (κ2) is 9.07. The topological polar surface area (TPSA) is 105 Å². The second-order valence-corrected chi connectivity index (χ2v) is 8.11. The number of ether oxygens (including phenoxy) is 2. The molecule has 0 bridgehead atoms. The molecule has 168 valence electrons. The maximum atomic E-state index is 13.1. The molecule has 3 heterocycles. The monoisotopic (exact) mass is 440 g/mol. The first-order chi connectivity index (χ1) is 15.7. The molecular formula is C22H25FN6O3. The number of morpholine rings is 1. The van der Waals surface area contributed by atoms with Gasteiger partial charge in [0.15, 0.2) is 0 Å². The molecule has 5 rings (SSSR count). The summed E-state index contributed by atoms with van der Waals surface area (Å²) < 4.78 is 25.0. The zero-order valence-electron chi connectivity index (χ0n) is 17.6. The van der Waals surface area contributed by atoms with Crippen LogP contribution >= 0.6 is 0 Å². The van der Waals surface area contributed by atoms with Gasteiger partial charge in [0.25, 0.3) is 5.56 Å². The van der Waals surface area contributed by atoms with Crippen molar-refractivity contribution in [3.8, 4) is 5.75 Å². The standard InChI is InChI=1S/C22H25FN6O3/c23-17-13-26-22(28-21(17)30)27-14-1-3-16(4-2-14)32-19-12-15(29-7-9-31-10-8-29)11-18-20(19)25-6-5-24-18/h5-6,11-14,16H,1-4,7-10H2,(H2,26,27,28,30). The number of aromatic nitrogens is 4. The summed E-state index contributed by atoms with van der Waals surface area (Å²) in [5.74, 6) is 0.153. The van der Waals surface area contributed by atoms with Gasteiger partial charge in [0.2, 0.25) is 11.8 Å². The summed E-state index contributed by atoms with van der Waals surface area (Å²) in [6.45, 7) is 3.09. The quantitative estimate of drug-likeness (QED) is 0.624. The highest BCUT2D eigenvalue weighted by atomic mass is 19.1. The Morgan fingerprint density at radius 1 is 1.09 bits per heavy atom. The van der Waals surface area contributed by atoms with E-state index in [-0.39, 0.29) is 12.1 Å². The Labute approximate surface area is 184 Å². The highest BCUT2D eigenvalue weighted by Crippen LogP contribution is 2.33. The van der Waals surface area contributed by atoms with Crippen molar-refractivity contribution in [1.29, 1.82) is 0 Å². The molecule has 1 aromatic carbocycles. The van der Waals surface area contributed by atoms with Gasteiger partial charge in [-0.25, -0.2) is 9.97 Å². The number of H-pyrrole nitrogens is 1. The third-order valence-corrected chi connectivity index (χ3v) is 5.96. The molecule has 1 aliphatic carbocycles. The van der Waals surface area contributed by atoms with E-state index in [0.717, 1.165) is 67.4 Å². The molecule has 1 aliphatic heterocycles. The number of nitrogens with zero attached hydrogens (tertiary/aromatic N) is 4. The van der Waals surface area contributed by atoms with E-state index in [1.165, 1.54) is 0 Å². The van der Waals surface area contributed by atoms with Gasteiger partial charge in [-0.1, -0.05) is 0 Å². The van der Waals surface area contributed by atoms with E-state index in [9.17, 15) is 9.18 Å². The Kier molecular flexibility index (Phi) is 5.85. The van der Waals surface area contributed by atoms with Crippen LogP contribution < -0.4 is 20.5 Å². The predicted octanol–water partition coefficient (Wildman–Crippen LogP) is 2.49. The van der Waals surface area contributed by atoms with Gasteiger partial charge in [-0.2, -0.15) is 4.39 Å². The lowest BCUT2D eigenvalue weighted by molar-refractivity contribution is 0.122. The van der Waals surface area contributed by atoms with E-state index in [4.69, 9.17) is 9.47 Å². The number of hydrogen-bond donors (Lipinski definition) is 2. The molecule has 1 saturated heterocycles. The van der Waals surface area contributed by atoms with Crippen molar-refractivity contribution in [3.05, 3.63) is 46.9 Å². The first-order valence-corrected chi connectivity index (χ1v) is 10.9. The first kappa shape index (κ1) is 20.6. The lowest BCUT2D eigenvalue weighted by atomic mass is 9.93. The molecule has 2 fully saturated rings. The van der Waals surface area contributed by atoms with Crippen molar-refractivity contribution in [2.24, 2.45) is 0 Å². The van der Waals surface area contributed by atoms with Crippen LogP contribution in [0.1, 0.15) is 25.7 Å². The minimum Gasteiger partial charge on any atom is -0.488 e. The van der Waals surface area contributed by atoms with Crippen LogP contribution in [0, 0.1) is 5.82 Å². The van der Waals surface area contributed by atoms with Gasteiger partial charge in [0.1, 0.15) is 11.3 Å². The molecule has 10 heteroatoms. The van der Waals surface area contributed by atoms with Crippen molar-refractivity contribution in [2.45, 2.75) is 37.8 Å². The Bertz CT molecular complexity index is 1140. The molecule has 0 amide bonds. The average molecular weight is 440 g/mol. The van der Waals surface area contributed by atoms with Gasteiger partial charge in [-0.3, -0.25) is 14.8 Å². The van der Waals surface area contributed by atoms with Crippen molar-refractivity contribution >= 4 is 22.7 Å². The molecule has 32 heavy (non-hydrogen) atoms. The molecule has 1 saturated carbocycles. The Morgan fingerprint density at radius 2 is 1.88 bits per heavy atom. The summed E-state index contributed by atoms with van der Waals surface area (Å²) in [7, 11) is 0. The van der Waals surface area contributed by atoms with Gasteiger partial charge in [-0.05, 0) is 31.7 Å². The van der Waals surface area contributed by atoms with Crippen LogP contribution in [0.5, 0.6) is 5.75 Å². The zero-order valence-corrected chi connectivity index (χ0v) is 17.6. The minimum absolute atomic E-state index is 0.0541. The average Bonchev–Trinajstić information content (AvgIpc) is 2.83. The lowest BCUT2D eigenvalue weighted by Crippen LogP contribution is -2.36. The number of halogens is 1. The number of hydrogen-bond acceptors (Lipinski definition) is 8. The zero-order chi connectivity index (χ0) is 21.9. The smallest absolute Gasteiger partial charge is 0.288 e. The lowest BCUT2D eigenvalue weighted by Gasteiger charge is -2.31. The van der Waals surface area contributed by atoms with Crippen LogP contribution in [0.25, 0.3) is 11.0 Å². The molecule has 0 atom stereocenters. The molecule has 2 N–H and O–H groups in total. The van der Waals surface area contributed by atoms with Crippen LogP contribution in [-0.2, 0) is 4.74 Å². The molecular weight excluding hydrogens is 415 g/mol. The highest BCUT2D eigenvalue weighted by molar-refractivity contribution is 5.85. The first-order valence-electron chi connectivity index (χ1n) is 10.9. The molecule has 3 aromatic rings. The maximum Gasteiger partial charge on any atom is 0.288 e. The van der Waals surface area contributed by atoms with Gasteiger partial charge in [-0.15, -0.1) is 0 Å². The molecule has 2 aliphatic rings. The van der Waals surface area contributed by atoms with E-state index >= 15 is 0 Å². The maximum absolute atomic E-state index is 13.1. The summed E-state index contributed by atoms with van der Waals surface area (Å²) in [5, 5.41) is 3.19. The van der Waals surface area contributed by atoms with E-state index in [0.29, 0.717) is 19.2 Å². The van der Waals surface area contributed by atoms with Crippen molar-refractivity contribution in [2.75, 3.05) is 36.5 Å². The van der Waals surface area contributed by atoms with Gasteiger partial charge < -0.3 is 19.7 Å². The fourth-order valence-electron chi connectivity index (χ4n) is 4.27. The van der Waals surface area contributed by atoms with Crippen LogP contribution in [-0.4, -0.2) is 58.4 Å². The van der Waals surface area contributed by atoms with Gasteiger partial charge in [0.05, 0.1) is 31.0 Å². The molecule has 0 radical (unpaired) electrons. The number of aromatic amines is 1. The Hall–Kier alpha value is -3.27. The number of anilines is 2. The van der Waals surface area contributed by atoms with Crippen LogP contribution in [0.4, 0.5) is 16.0 Å². The second-order valence-electron chi connectivity index (χ2n) is 8.11. The fourth-order valence-corrected chi connectivity index (χ4v) is 4.27. The van der Waals surface area contributed by atoms with Crippen LogP contribution in [0.3, 0.4) is 0 Å². The van der Waals surface area contributed by atoms with Gasteiger partial charge >= 0.3 is 0 Å². The summed E-state index contributed by atoms with van der Waals surface area (Å²) >= 11 is 0. The Morgan fingerprint density at radius 3 is 2.66 bits per heavy atom. The molecule has 0 spiro atoms. The van der Waals surface area contributed by atoms with Crippen LogP contribution in [0.2, 0.25) is 0 Å². The summed E-state index contributed by atoms with van der Waals surface area (Å²) in [6.07, 6.45) is 7.74. The highest BCUT2D eigenvalue weighted by Gasteiger charge is 2.24. The van der Waals surface area contributed by atoms with Crippen molar-refractivity contribution in [1.82, 2.24) is 19.9 Å². The number of fused-ring (bicyclic) bond motifs is 1. The van der Waals surface area contributed by atoms with E-state index in [1.807, 2.05) is 0 Å². The normalized spacial score (nSPS) is 21.5. The van der Waals surface area contributed by atoms with Crippen LogP contribution in [0.15, 0.2) is 35.5 Å². The molecule has 9 nitrogen and oxygen atoms in total. The SMILES string of the molecule is O=c1[nH]c(NC2CCC(Oc3cc(N4CCOCC4)cc4nccnc34)CC2)ncc1F. The Balaban J connectivity index is 1.27. The molecule has 2 aromatic heterocycles. The number of rotatable bonds is 5. The van der Waals surface area contributed by atoms with E-state index in [2.05, 4.69) is 42.3 Å². The summed E-state index contributed by atoms with van der Waals surface area (Å²) in [6, 6.07) is 4.25. The number of benzene rings is 1. The van der Waals surface area contributed by atoms with Crippen molar-refractivity contribution in [3.63, 3.8) is 0 Å². The van der Waals surface area contributed by atoms with E-state index in [1.54, 1.807) is 12.4 Å². The molecule has 0 unspecified atom stereocenters. The van der Waals surface area contributed by atoms with E-state index < -0.39 is 11.4 Å². The number of nitrogens with one attached hydrogen (secondary N) is 2. The summed E-state index contributed by atoms with van der Waals surface area (Å²) in [5.41, 5.74) is 1.87. The van der Waals surface area contributed by atoms with Crippen molar-refractivity contribution < 1.29 is 13.9 Å². The third-order valence-electron chi connectivity index (χ3n) is 5.96. The minimum atomic E-state index is -0.887. The van der Waals surface area contributed by atoms with Gasteiger partial charge in [0, 0.05) is 43.3 Å². The fraction of sp³-hybridized carbons (Fsp3) is 0.455. The summed E-state index contributed by atoms with van der Waals surface area (Å²) in [4.78, 5) is 29.0. The predicted molar refractivity (Wildman–Crippen MR) is 118 cm³/mol. The third kappa shape index (κ3) is 4.50.